The Labute approximate surface area is 164 Å². The van der Waals surface area contributed by atoms with Gasteiger partial charge in [-0.15, -0.1) is 0 Å². The number of rotatable bonds is 2. The van der Waals surface area contributed by atoms with Crippen molar-refractivity contribution in [3.8, 4) is 17.3 Å². The van der Waals surface area contributed by atoms with E-state index in [2.05, 4.69) is 5.10 Å². The third kappa shape index (κ3) is 3.83. The van der Waals surface area contributed by atoms with Crippen molar-refractivity contribution in [2.24, 2.45) is 11.0 Å². The van der Waals surface area contributed by atoms with Crippen LogP contribution in [0, 0.1) is 17.2 Å². The number of aromatic nitrogens is 1. The molecule has 0 radical (unpaired) electrons. The molecule has 1 aromatic carbocycles. The third-order valence-corrected chi connectivity index (χ3v) is 5.20. The number of pyridine rings is 1. The fraction of sp³-hybridized carbons (Fsp3) is 0.350. The zero-order valence-electron chi connectivity index (χ0n) is 15.1. The molecular formula is C20H17ClF3N3O. The zero-order valence-corrected chi connectivity index (χ0v) is 15.8. The minimum absolute atomic E-state index is 0.0906. The predicted molar refractivity (Wildman–Crippen MR) is 101 cm³/mol. The van der Waals surface area contributed by atoms with Crippen LogP contribution in [-0.4, -0.2) is 10.4 Å². The van der Waals surface area contributed by atoms with Gasteiger partial charge in [-0.25, -0.2) is 0 Å². The number of benzene rings is 1. The van der Waals surface area contributed by atoms with Crippen molar-refractivity contribution in [1.82, 2.24) is 4.68 Å². The molecule has 0 spiro atoms. The van der Waals surface area contributed by atoms with Gasteiger partial charge in [-0.1, -0.05) is 43.1 Å². The molecule has 0 amide bonds. The molecule has 28 heavy (non-hydrogen) atoms. The SMILES string of the molecule is CC1CCCC/C1=N/n1c(-c2ccccc2Cl)cc(C(F)(F)F)c(C#N)c1=O. The van der Waals surface area contributed by atoms with E-state index in [1.165, 1.54) is 18.2 Å². The number of alkyl halides is 3. The Bertz CT molecular complexity index is 1030. The van der Waals surface area contributed by atoms with E-state index in [4.69, 9.17) is 11.6 Å². The molecule has 1 heterocycles. The van der Waals surface area contributed by atoms with Gasteiger partial charge in [0.1, 0.15) is 11.6 Å². The third-order valence-electron chi connectivity index (χ3n) is 4.87. The molecule has 2 aromatic rings. The number of hydrogen-bond acceptors (Lipinski definition) is 3. The van der Waals surface area contributed by atoms with Crippen molar-refractivity contribution in [2.45, 2.75) is 38.8 Å². The van der Waals surface area contributed by atoms with Crippen molar-refractivity contribution in [3.05, 3.63) is 56.8 Å². The Hall–Kier alpha value is -2.59. The van der Waals surface area contributed by atoms with Gasteiger partial charge in [0.25, 0.3) is 5.56 Å². The van der Waals surface area contributed by atoms with Crippen molar-refractivity contribution in [3.63, 3.8) is 0 Å². The van der Waals surface area contributed by atoms with Gasteiger partial charge in [0.05, 0.1) is 11.3 Å². The largest absolute Gasteiger partial charge is 0.417 e. The highest BCUT2D eigenvalue weighted by Gasteiger charge is 2.37. The molecule has 8 heteroatoms. The molecule has 1 unspecified atom stereocenters. The molecule has 0 saturated heterocycles. The van der Waals surface area contributed by atoms with E-state index >= 15 is 0 Å². The highest BCUT2D eigenvalue weighted by Crippen LogP contribution is 2.35. The highest BCUT2D eigenvalue weighted by molar-refractivity contribution is 6.33. The normalized spacial score (nSPS) is 18.9. The molecule has 0 bridgehead atoms. The van der Waals surface area contributed by atoms with Gasteiger partial charge in [-0.2, -0.15) is 28.2 Å². The van der Waals surface area contributed by atoms with Gasteiger partial charge in [0.15, 0.2) is 0 Å². The van der Waals surface area contributed by atoms with Gasteiger partial charge in [-0.05, 0) is 37.3 Å². The Morgan fingerprint density at radius 1 is 1.29 bits per heavy atom. The summed E-state index contributed by atoms with van der Waals surface area (Å²) in [5.74, 6) is 0.104. The van der Waals surface area contributed by atoms with Crippen LogP contribution in [0.1, 0.15) is 43.7 Å². The maximum Gasteiger partial charge on any atom is 0.417 e. The molecule has 1 aliphatic carbocycles. The summed E-state index contributed by atoms with van der Waals surface area (Å²) in [7, 11) is 0. The number of nitriles is 1. The lowest BCUT2D eigenvalue weighted by molar-refractivity contribution is -0.137. The topological polar surface area (TPSA) is 58.1 Å². The van der Waals surface area contributed by atoms with Crippen LogP contribution in [0.25, 0.3) is 11.3 Å². The summed E-state index contributed by atoms with van der Waals surface area (Å²) < 4.78 is 41.4. The summed E-state index contributed by atoms with van der Waals surface area (Å²) >= 11 is 6.18. The zero-order chi connectivity index (χ0) is 20.5. The Morgan fingerprint density at radius 3 is 2.61 bits per heavy atom. The smallest absolute Gasteiger partial charge is 0.266 e. The van der Waals surface area contributed by atoms with Gasteiger partial charge in [0.2, 0.25) is 0 Å². The highest BCUT2D eigenvalue weighted by atomic mass is 35.5. The molecule has 1 saturated carbocycles. The number of halogens is 4. The standard InChI is InChI=1S/C20H17ClF3N3O/c1-12-6-2-5-9-17(12)26-27-18(13-7-3-4-8-16(13)21)10-15(20(22,23)24)14(11-25)19(27)28/h3-4,7-8,10,12H,2,5-6,9H2,1H3/b26-17-. The first kappa shape index (κ1) is 20.2. The van der Waals surface area contributed by atoms with Crippen molar-refractivity contribution < 1.29 is 13.2 Å². The van der Waals surface area contributed by atoms with Crippen molar-refractivity contribution >= 4 is 17.3 Å². The first-order chi connectivity index (χ1) is 13.2. The van der Waals surface area contributed by atoms with Crippen LogP contribution in [0.3, 0.4) is 0 Å². The molecule has 146 valence electrons. The predicted octanol–water partition coefficient (Wildman–Crippen LogP) is 5.47. The Balaban J connectivity index is 2.37. The fourth-order valence-electron chi connectivity index (χ4n) is 3.34. The molecule has 1 aromatic heterocycles. The Morgan fingerprint density at radius 2 is 2.00 bits per heavy atom. The average Bonchev–Trinajstić information content (AvgIpc) is 2.64. The van der Waals surface area contributed by atoms with E-state index in [-0.39, 0.29) is 22.2 Å². The molecule has 1 atom stereocenters. The lowest BCUT2D eigenvalue weighted by atomic mass is 9.89. The average molecular weight is 408 g/mol. The summed E-state index contributed by atoms with van der Waals surface area (Å²) in [5.41, 5.74) is -2.49. The van der Waals surface area contributed by atoms with Crippen molar-refractivity contribution in [2.75, 3.05) is 0 Å². The van der Waals surface area contributed by atoms with Gasteiger partial charge in [-0.3, -0.25) is 4.79 Å². The van der Waals surface area contributed by atoms with E-state index in [0.717, 1.165) is 35.7 Å². The summed E-state index contributed by atoms with van der Waals surface area (Å²) in [6, 6.07) is 8.46. The summed E-state index contributed by atoms with van der Waals surface area (Å²) in [6.07, 6.45) is -1.39. The van der Waals surface area contributed by atoms with Crippen LogP contribution in [-0.2, 0) is 6.18 Å². The lowest BCUT2D eigenvalue weighted by Crippen LogP contribution is -2.28. The fourth-order valence-corrected chi connectivity index (χ4v) is 3.57. The molecule has 4 nitrogen and oxygen atoms in total. The monoisotopic (exact) mass is 407 g/mol. The second-order valence-electron chi connectivity index (χ2n) is 6.76. The second kappa shape index (κ2) is 7.80. The first-order valence-electron chi connectivity index (χ1n) is 8.84. The molecular weight excluding hydrogens is 391 g/mol. The summed E-state index contributed by atoms with van der Waals surface area (Å²) in [6.45, 7) is 1.97. The molecule has 3 rings (SSSR count). The first-order valence-corrected chi connectivity index (χ1v) is 9.21. The van der Waals surface area contributed by atoms with E-state index in [0.29, 0.717) is 6.42 Å². The molecule has 1 aliphatic rings. The van der Waals surface area contributed by atoms with E-state index < -0.39 is 22.9 Å². The van der Waals surface area contributed by atoms with E-state index in [1.807, 2.05) is 6.92 Å². The minimum Gasteiger partial charge on any atom is -0.266 e. The van der Waals surface area contributed by atoms with Crippen molar-refractivity contribution in [1.29, 1.82) is 5.26 Å². The van der Waals surface area contributed by atoms with Crippen LogP contribution in [0.2, 0.25) is 5.02 Å². The van der Waals surface area contributed by atoms with Crippen LogP contribution in [0.4, 0.5) is 13.2 Å². The van der Waals surface area contributed by atoms with Crippen LogP contribution >= 0.6 is 11.6 Å². The quantitative estimate of drug-likeness (QED) is 0.662. The van der Waals surface area contributed by atoms with Gasteiger partial charge >= 0.3 is 6.18 Å². The lowest BCUT2D eigenvalue weighted by Gasteiger charge is -2.22. The van der Waals surface area contributed by atoms with Crippen LogP contribution < -0.4 is 5.56 Å². The Kier molecular flexibility index (Phi) is 5.61. The maximum absolute atomic E-state index is 13.5. The molecule has 1 fully saturated rings. The summed E-state index contributed by atoms with van der Waals surface area (Å²) in [4.78, 5) is 12.8. The molecule has 0 N–H and O–H groups in total. The van der Waals surface area contributed by atoms with Crippen LogP contribution in [0.5, 0.6) is 0 Å². The van der Waals surface area contributed by atoms with E-state index in [9.17, 15) is 23.2 Å². The minimum atomic E-state index is -4.86. The van der Waals surface area contributed by atoms with E-state index in [1.54, 1.807) is 12.1 Å². The number of nitrogens with zero attached hydrogens (tertiary/aromatic N) is 3. The van der Waals surface area contributed by atoms with Gasteiger partial charge in [0, 0.05) is 16.3 Å². The maximum atomic E-state index is 13.5. The van der Waals surface area contributed by atoms with Crippen LogP contribution in [0.15, 0.2) is 40.2 Å². The second-order valence-corrected chi connectivity index (χ2v) is 7.17. The summed E-state index contributed by atoms with van der Waals surface area (Å²) in [5, 5.41) is 13.8. The molecule has 0 aliphatic heterocycles. The number of hydrogen-bond donors (Lipinski definition) is 0. The van der Waals surface area contributed by atoms with Gasteiger partial charge < -0.3 is 0 Å².